The van der Waals surface area contributed by atoms with Crippen LogP contribution in [0.15, 0.2) is 28.4 Å². The second-order valence-corrected chi connectivity index (χ2v) is 6.95. The van der Waals surface area contributed by atoms with E-state index in [2.05, 4.69) is 11.6 Å². The van der Waals surface area contributed by atoms with E-state index in [-0.39, 0.29) is 5.92 Å². The third-order valence-electron chi connectivity index (χ3n) is 5.28. The molecule has 27 heavy (non-hydrogen) atoms. The first-order chi connectivity index (χ1) is 12.7. The molecule has 1 saturated heterocycles. The number of rotatable bonds is 7. The molecule has 0 saturated carbocycles. The minimum absolute atomic E-state index is 0.00688. The van der Waals surface area contributed by atoms with Gasteiger partial charge < -0.3 is 14.2 Å². The zero-order valence-electron chi connectivity index (χ0n) is 16.5. The predicted molar refractivity (Wildman–Crippen MR) is 99.5 cm³/mol. The first-order valence-electron chi connectivity index (χ1n) is 9.02. The fourth-order valence-electron chi connectivity index (χ4n) is 3.90. The van der Waals surface area contributed by atoms with Gasteiger partial charge in [0.15, 0.2) is 12.3 Å². The van der Waals surface area contributed by atoms with Crippen molar-refractivity contribution in [3.05, 3.63) is 45.3 Å². The summed E-state index contributed by atoms with van der Waals surface area (Å²) in [4.78, 5) is 38.2. The van der Waals surface area contributed by atoms with Gasteiger partial charge >= 0.3 is 11.7 Å². The lowest BCUT2D eigenvalue weighted by Crippen LogP contribution is -2.49. The second kappa shape index (κ2) is 8.22. The van der Waals surface area contributed by atoms with E-state index in [1.807, 2.05) is 13.8 Å². The molecule has 8 heteroatoms. The van der Waals surface area contributed by atoms with Gasteiger partial charge in [-0.2, -0.15) is 0 Å². The largest absolute Gasteiger partial charge is 0.455 e. The number of methoxy groups -OCH3 is 1. The fraction of sp³-hybridized carbons (Fsp3) is 0.632. The van der Waals surface area contributed by atoms with Crippen molar-refractivity contribution in [2.24, 2.45) is 5.92 Å². The lowest BCUT2D eigenvalue weighted by atomic mass is 9.79. The zero-order valence-corrected chi connectivity index (χ0v) is 16.5. The molecule has 5 atom stereocenters. The standard InChI is InChI=1S/C19H28N2O6/c1-7-9-12(4)19(8-2)15(25-6)14(26-13(5)22)17(27-19)21-10-11(3)16(23)20-18(21)24/h7,10,12,14-15,17H,1,8-9H2,2-6H3,(H,20,23,24)/t12-,14-,15+,17-,19+/m1/s1. The van der Waals surface area contributed by atoms with Crippen molar-refractivity contribution in [2.45, 2.75) is 64.6 Å². The smallest absolute Gasteiger partial charge is 0.330 e. The molecule has 150 valence electrons. The van der Waals surface area contributed by atoms with Gasteiger partial charge in [0, 0.05) is 25.8 Å². The summed E-state index contributed by atoms with van der Waals surface area (Å²) in [5.74, 6) is -0.513. The van der Waals surface area contributed by atoms with E-state index in [4.69, 9.17) is 14.2 Å². The SMILES string of the molecule is C=CC[C@@H](C)[C@]1(CC)O[C@@H](n2cc(C)c(=O)[nH]c2=O)[C@H](OC(C)=O)[C@@H]1OC. The quantitative estimate of drug-likeness (QED) is 0.571. The Bertz CT molecular complexity index is 813. The number of hydrogen-bond donors (Lipinski definition) is 1. The Morgan fingerprint density at radius 3 is 2.70 bits per heavy atom. The van der Waals surface area contributed by atoms with Gasteiger partial charge in [0.25, 0.3) is 5.56 Å². The van der Waals surface area contributed by atoms with Crippen LogP contribution in [0.2, 0.25) is 0 Å². The van der Waals surface area contributed by atoms with E-state index >= 15 is 0 Å². The van der Waals surface area contributed by atoms with Crippen LogP contribution in [-0.4, -0.2) is 40.4 Å². The Morgan fingerprint density at radius 2 is 2.19 bits per heavy atom. The molecular weight excluding hydrogens is 352 g/mol. The maximum absolute atomic E-state index is 12.4. The topological polar surface area (TPSA) is 99.6 Å². The Labute approximate surface area is 158 Å². The van der Waals surface area contributed by atoms with Gasteiger partial charge in [-0.15, -0.1) is 6.58 Å². The number of nitrogens with zero attached hydrogens (tertiary/aromatic N) is 1. The number of aromatic amines is 1. The molecule has 1 aliphatic heterocycles. The summed E-state index contributed by atoms with van der Waals surface area (Å²) in [6.07, 6.45) is 2.09. The molecule has 1 aromatic rings. The molecule has 1 aliphatic rings. The van der Waals surface area contributed by atoms with Gasteiger partial charge in [-0.1, -0.05) is 19.9 Å². The van der Waals surface area contributed by atoms with Crippen LogP contribution in [0.25, 0.3) is 0 Å². The van der Waals surface area contributed by atoms with Crippen LogP contribution < -0.4 is 11.2 Å². The van der Waals surface area contributed by atoms with Crippen LogP contribution in [0.3, 0.4) is 0 Å². The van der Waals surface area contributed by atoms with Crippen molar-refractivity contribution < 1.29 is 19.0 Å². The molecule has 8 nitrogen and oxygen atoms in total. The molecule has 0 spiro atoms. The number of carbonyl (C=O) groups is 1. The normalized spacial score (nSPS) is 28.7. The van der Waals surface area contributed by atoms with E-state index in [0.717, 1.165) is 0 Å². The van der Waals surface area contributed by atoms with Gasteiger partial charge in [-0.25, -0.2) is 4.79 Å². The number of aromatic nitrogens is 2. The lowest BCUT2D eigenvalue weighted by Gasteiger charge is -2.38. The first-order valence-corrected chi connectivity index (χ1v) is 9.02. The third-order valence-corrected chi connectivity index (χ3v) is 5.28. The molecule has 0 radical (unpaired) electrons. The average Bonchev–Trinajstić information content (AvgIpc) is 2.92. The summed E-state index contributed by atoms with van der Waals surface area (Å²) in [5, 5.41) is 0. The Morgan fingerprint density at radius 1 is 1.52 bits per heavy atom. The van der Waals surface area contributed by atoms with Crippen molar-refractivity contribution in [1.82, 2.24) is 9.55 Å². The van der Waals surface area contributed by atoms with Crippen LogP contribution in [0.5, 0.6) is 0 Å². The highest BCUT2D eigenvalue weighted by Gasteiger charge is 2.59. The maximum atomic E-state index is 12.4. The molecule has 0 aromatic carbocycles. The van der Waals surface area contributed by atoms with E-state index in [0.29, 0.717) is 18.4 Å². The number of carbonyl (C=O) groups excluding carboxylic acids is 1. The molecule has 1 fully saturated rings. The van der Waals surface area contributed by atoms with Crippen molar-refractivity contribution in [3.8, 4) is 0 Å². The highest BCUT2D eigenvalue weighted by Crippen LogP contribution is 2.47. The van der Waals surface area contributed by atoms with Crippen molar-refractivity contribution in [1.29, 1.82) is 0 Å². The number of H-pyrrole nitrogens is 1. The Kier molecular flexibility index (Phi) is 6.43. The number of aryl methyl sites for hydroxylation is 1. The van der Waals surface area contributed by atoms with Crippen LogP contribution >= 0.6 is 0 Å². The molecule has 2 heterocycles. The number of nitrogens with one attached hydrogen (secondary N) is 1. The predicted octanol–water partition coefficient (Wildman–Crippen LogP) is 1.68. The fourth-order valence-corrected chi connectivity index (χ4v) is 3.90. The minimum Gasteiger partial charge on any atom is -0.455 e. The number of esters is 1. The van der Waals surface area contributed by atoms with Crippen molar-refractivity contribution in [2.75, 3.05) is 7.11 Å². The summed E-state index contributed by atoms with van der Waals surface area (Å²) in [5.41, 5.74) is -1.55. The number of ether oxygens (including phenoxy) is 3. The lowest BCUT2D eigenvalue weighted by molar-refractivity contribution is -0.157. The van der Waals surface area contributed by atoms with Gasteiger partial charge in [-0.3, -0.25) is 19.1 Å². The highest BCUT2D eigenvalue weighted by atomic mass is 16.6. The molecule has 0 aliphatic carbocycles. The molecule has 0 bridgehead atoms. The Balaban J connectivity index is 2.63. The van der Waals surface area contributed by atoms with Gasteiger partial charge in [0.05, 0.1) is 0 Å². The second-order valence-electron chi connectivity index (χ2n) is 6.95. The maximum Gasteiger partial charge on any atom is 0.330 e. The average molecular weight is 380 g/mol. The molecule has 0 unspecified atom stereocenters. The van der Waals surface area contributed by atoms with Crippen LogP contribution in [0.4, 0.5) is 0 Å². The van der Waals surface area contributed by atoms with Crippen LogP contribution in [-0.2, 0) is 19.0 Å². The first kappa shape index (κ1) is 21.1. The van der Waals surface area contributed by atoms with Crippen molar-refractivity contribution in [3.63, 3.8) is 0 Å². The zero-order chi connectivity index (χ0) is 20.4. The van der Waals surface area contributed by atoms with Gasteiger partial charge in [-0.05, 0) is 25.7 Å². The van der Waals surface area contributed by atoms with Gasteiger partial charge in [0.2, 0.25) is 0 Å². The van der Waals surface area contributed by atoms with E-state index in [9.17, 15) is 14.4 Å². The summed E-state index contributed by atoms with van der Waals surface area (Å²) in [7, 11) is 1.53. The van der Waals surface area contributed by atoms with Gasteiger partial charge in [0.1, 0.15) is 11.7 Å². The molecule has 1 N–H and O–H groups in total. The van der Waals surface area contributed by atoms with Crippen LogP contribution in [0.1, 0.15) is 45.4 Å². The van der Waals surface area contributed by atoms with Crippen molar-refractivity contribution >= 4 is 5.97 Å². The summed E-state index contributed by atoms with van der Waals surface area (Å²) in [6.45, 7) is 10.6. The summed E-state index contributed by atoms with van der Waals surface area (Å²) >= 11 is 0. The van der Waals surface area contributed by atoms with E-state index < -0.39 is 41.3 Å². The Hall–Kier alpha value is -2.19. The monoisotopic (exact) mass is 380 g/mol. The molecular formula is C19H28N2O6. The number of hydrogen-bond acceptors (Lipinski definition) is 6. The van der Waals surface area contributed by atoms with E-state index in [1.54, 1.807) is 13.0 Å². The third kappa shape index (κ3) is 3.77. The van der Waals surface area contributed by atoms with E-state index in [1.165, 1.54) is 24.8 Å². The van der Waals surface area contributed by atoms with Crippen LogP contribution in [0, 0.1) is 12.8 Å². The summed E-state index contributed by atoms with van der Waals surface area (Å²) in [6, 6.07) is 0. The molecule has 1 aromatic heterocycles. The molecule has 0 amide bonds. The summed E-state index contributed by atoms with van der Waals surface area (Å²) < 4.78 is 18.9. The highest BCUT2D eigenvalue weighted by molar-refractivity contribution is 5.66. The number of allylic oxidation sites excluding steroid dienone is 1. The minimum atomic E-state index is -0.922. The molecule has 2 rings (SSSR count).